The second-order valence-electron chi connectivity index (χ2n) is 5.73. The summed E-state index contributed by atoms with van der Waals surface area (Å²) in [7, 11) is 0. The van der Waals surface area contributed by atoms with Crippen LogP contribution in [0.5, 0.6) is 0 Å². The van der Waals surface area contributed by atoms with Crippen LogP contribution in [0.1, 0.15) is 12.5 Å². The maximum atomic E-state index is 12.3. The summed E-state index contributed by atoms with van der Waals surface area (Å²) in [5.41, 5.74) is 2.15. The number of aromatic amines is 1. The highest BCUT2D eigenvalue weighted by Crippen LogP contribution is 2.27. The Labute approximate surface area is 165 Å². The number of hydrogen-bond acceptors (Lipinski definition) is 4. The van der Waals surface area contributed by atoms with Crippen molar-refractivity contribution in [2.45, 2.75) is 23.8 Å². The van der Waals surface area contributed by atoms with Gasteiger partial charge in [0.25, 0.3) is 0 Å². The van der Waals surface area contributed by atoms with E-state index >= 15 is 0 Å². The number of thioether (sulfide) groups is 1. The zero-order valence-corrected chi connectivity index (χ0v) is 16.7. The SMILES string of the molecule is CC(Sc1n[nH]c(-c2ccccc2Br)n1)C(=O)NCCc1ccccc1. The predicted molar refractivity (Wildman–Crippen MR) is 108 cm³/mol. The number of aromatic nitrogens is 3. The molecule has 0 saturated carbocycles. The van der Waals surface area contributed by atoms with E-state index < -0.39 is 0 Å². The normalized spacial score (nSPS) is 11.9. The van der Waals surface area contributed by atoms with Crippen LogP contribution in [0.3, 0.4) is 0 Å². The van der Waals surface area contributed by atoms with Gasteiger partial charge in [-0.2, -0.15) is 0 Å². The minimum atomic E-state index is -0.270. The number of carbonyl (C=O) groups excluding carboxylic acids is 1. The maximum absolute atomic E-state index is 12.3. The Kier molecular flexibility index (Phi) is 6.46. The maximum Gasteiger partial charge on any atom is 0.233 e. The molecule has 0 aliphatic carbocycles. The van der Waals surface area contributed by atoms with Gasteiger partial charge in [-0.05, 0) is 25.0 Å². The molecule has 0 aliphatic rings. The fourth-order valence-corrected chi connectivity index (χ4v) is 3.62. The highest BCUT2D eigenvalue weighted by Gasteiger charge is 2.17. The highest BCUT2D eigenvalue weighted by atomic mass is 79.9. The summed E-state index contributed by atoms with van der Waals surface area (Å²) in [6.07, 6.45) is 0.816. The van der Waals surface area contributed by atoms with Crippen LogP contribution >= 0.6 is 27.7 Å². The molecule has 26 heavy (non-hydrogen) atoms. The lowest BCUT2D eigenvalue weighted by Crippen LogP contribution is -2.32. The fourth-order valence-electron chi connectivity index (χ4n) is 2.40. The van der Waals surface area contributed by atoms with Gasteiger partial charge in [-0.15, -0.1) is 5.10 Å². The summed E-state index contributed by atoms with van der Waals surface area (Å²) in [5, 5.41) is 10.4. The van der Waals surface area contributed by atoms with Crippen molar-refractivity contribution in [3.8, 4) is 11.4 Å². The van der Waals surface area contributed by atoms with Crippen LogP contribution in [0.4, 0.5) is 0 Å². The molecule has 1 unspecified atom stereocenters. The lowest BCUT2D eigenvalue weighted by molar-refractivity contribution is -0.120. The minimum Gasteiger partial charge on any atom is -0.355 e. The Morgan fingerprint density at radius 3 is 2.69 bits per heavy atom. The van der Waals surface area contributed by atoms with Gasteiger partial charge in [0.05, 0.1) is 5.25 Å². The van der Waals surface area contributed by atoms with Crippen molar-refractivity contribution < 1.29 is 4.79 Å². The van der Waals surface area contributed by atoms with Crippen LogP contribution in [-0.2, 0) is 11.2 Å². The first-order chi connectivity index (χ1) is 12.6. The molecule has 5 nitrogen and oxygen atoms in total. The molecule has 0 saturated heterocycles. The van der Waals surface area contributed by atoms with E-state index in [0.717, 1.165) is 16.5 Å². The van der Waals surface area contributed by atoms with E-state index in [-0.39, 0.29) is 11.2 Å². The Balaban J connectivity index is 1.52. The summed E-state index contributed by atoms with van der Waals surface area (Å²) in [5.74, 6) is 0.662. The number of hydrogen-bond donors (Lipinski definition) is 2. The number of nitrogens with zero attached hydrogens (tertiary/aromatic N) is 2. The Hall–Kier alpha value is -2.12. The number of carbonyl (C=O) groups is 1. The number of H-pyrrole nitrogens is 1. The molecule has 2 N–H and O–H groups in total. The van der Waals surface area contributed by atoms with Crippen molar-refractivity contribution >= 4 is 33.6 Å². The molecule has 0 spiro atoms. The summed E-state index contributed by atoms with van der Waals surface area (Å²) in [4.78, 5) is 16.7. The first-order valence-corrected chi connectivity index (χ1v) is 9.96. The zero-order valence-electron chi connectivity index (χ0n) is 14.3. The molecule has 0 radical (unpaired) electrons. The van der Waals surface area contributed by atoms with Gasteiger partial charge in [0.15, 0.2) is 5.82 Å². The van der Waals surface area contributed by atoms with Crippen LogP contribution in [-0.4, -0.2) is 32.9 Å². The molecule has 7 heteroatoms. The molecule has 1 atom stereocenters. The molecule has 3 aromatic rings. The van der Waals surface area contributed by atoms with Crippen molar-refractivity contribution in [2.24, 2.45) is 0 Å². The third kappa shape index (κ3) is 4.95. The quantitative estimate of drug-likeness (QED) is 0.554. The van der Waals surface area contributed by atoms with E-state index in [4.69, 9.17) is 0 Å². The number of halogens is 1. The molecule has 3 rings (SSSR count). The van der Waals surface area contributed by atoms with Crippen molar-refractivity contribution in [1.82, 2.24) is 20.5 Å². The van der Waals surface area contributed by atoms with Gasteiger partial charge in [0, 0.05) is 16.6 Å². The lowest BCUT2D eigenvalue weighted by Gasteiger charge is -2.10. The van der Waals surface area contributed by atoms with E-state index in [1.165, 1.54) is 17.3 Å². The summed E-state index contributed by atoms with van der Waals surface area (Å²) < 4.78 is 0.944. The minimum absolute atomic E-state index is 0.0156. The molecule has 1 amide bonds. The van der Waals surface area contributed by atoms with E-state index in [9.17, 15) is 4.79 Å². The van der Waals surface area contributed by atoms with Crippen molar-refractivity contribution in [3.63, 3.8) is 0 Å². The Morgan fingerprint density at radius 1 is 1.19 bits per heavy atom. The lowest BCUT2D eigenvalue weighted by atomic mass is 10.1. The van der Waals surface area contributed by atoms with Gasteiger partial charge in [0.2, 0.25) is 11.1 Å². The molecule has 134 valence electrons. The van der Waals surface area contributed by atoms with Crippen LogP contribution in [0.25, 0.3) is 11.4 Å². The standard InChI is InChI=1S/C19H19BrN4OS/c1-13(18(25)21-12-11-14-7-3-2-4-8-14)26-19-22-17(23-24-19)15-9-5-6-10-16(15)20/h2-10,13H,11-12H2,1H3,(H,21,25)(H,22,23,24). The molecular formula is C19H19BrN4OS. The first-order valence-electron chi connectivity index (χ1n) is 8.29. The molecule has 0 fully saturated rings. The van der Waals surface area contributed by atoms with Gasteiger partial charge in [-0.1, -0.05) is 76.2 Å². The predicted octanol–water partition coefficient (Wildman–Crippen LogP) is 4.07. The van der Waals surface area contributed by atoms with Crippen molar-refractivity contribution in [1.29, 1.82) is 0 Å². The van der Waals surface area contributed by atoms with E-state index in [1.807, 2.05) is 49.4 Å². The van der Waals surface area contributed by atoms with Crippen LogP contribution in [0.15, 0.2) is 64.2 Å². The zero-order chi connectivity index (χ0) is 18.4. The third-order valence-corrected chi connectivity index (χ3v) is 5.45. The van der Waals surface area contributed by atoms with Gasteiger partial charge in [-0.3, -0.25) is 9.89 Å². The van der Waals surface area contributed by atoms with Gasteiger partial charge in [0.1, 0.15) is 0 Å². The van der Waals surface area contributed by atoms with Crippen LogP contribution < -0.4 is 5.32 Å². The molecule has 1 heterocycles. The topological polar surface area (TPSA) is 70.7 Å². The smallest absolute Gasteiger partial charge is 0.233 e. The summed E-state index contributed by atoms with van der Waals surface area (Å²) in [6.45, 7) is 2.47. The number of rotatable bonds is 7. The third-order valence-electron chi connectivity index (χ3n) is 3.80. The van der Waals surface area contributed by atoms with Crippen molar-refractivity contribution in [2.75, 3.05) is 6.54 Å². The van der Waals surface area contributed by atoms with Gasteiger partial charge < -0.3 is 5.32 Å². The average Bonchev–Trinajstić information content (AvgIpc) is 3.11. The molecule has 0 aliphatic heterocycles. The van der Waals surface area contributed by atoms with Gasteiger partial charge in [-0.25, -0.2) is 4.98 Å². The first kappa shape index (κ1) is 18.7. The number of benzene rings is 2. The Morgan fingerprint density at radius 2 is 1.92 bits per heavy atom. The van der Waals surface area contributed by atoms with E-state index in [0.29, 0.717) is 17.5 Å². The van der Waals surface area contributed by atoms with Crippen molar-refractivity contribution in [3.05, 3.63) is 64.6 Å². The largest absolute Gasteiger partial charge is 0.355 e. The second-order valence-corrected chi connectivity index (χ2v) is 7.90. The number of nitrogens with one attached hydrogen (secondary N) is 2. The fraction of sp³-hybridized carbons (Fsp3) is 0.211. The molecule has 1 aromatic heterocycles. The average molecular weight is 431 g/mol. The summed E-state index contributed by atoms with van der Waals surface area (Å²) in [6, 6.07) is 17.9. The monoisotopic (exact) mass is 430 g/mol. The summed E-state index contributed by atoms with van der Waals surface area (Å²) >= 11 is 4.84. The number of amides is 1. The highest BCUT2D eigenvalue weighted by molar-refractivity contribution is 9.10. The van der Waals surface area contributed by atoms with E-state index in [2.05, 4.69) is 48.6 Å². The van der Waals surface area contributed by atoms with Gasteiger partial charge >= 0.3 is 0 Å². The molecular weight excluding hydrogens is 412 g/mol. The van der Waals surface area contributed by atoms with Crippen LogP contribution in [0, 0.1) is 0 Å². The second kappa shape index (κ2) is 9.00. The van der Waals surface area contributed by atoms with E-state index in [1.54, 1.807) is 0 Å². The molecule has 0 bridgehead atoms. The van der Waals surface area contributed by atoms with Crippen LogP contribution in [0.2, 0.25) is 0 Å². The Bertz CT molecular complexity index is 869. The molecule has 2 aromatic carbocycles.